The van der Waals surface area contributed by atoms with Crippen LogP contribution in [0.15, 0.2) is 11.0 Å². The average Bonchev–Trinajstić information content (AvgIpc) is 1.87. The fourth-order valence-corrected chi connectivity index (χ4v) is 1.34. The number of carbonyl (C=O) groups excluding carboxylic acids is 1. The van der Waals surface area contributed by atoms with E-state index in [0.29, 0.717) is 5.92 Å². The molecule has 3 heteroatoms. The van der Waals surface area contributed by atoms with Gasteiger partial charge in [0.05, 0.1) is 0 Å². The van der Waals surface area contributed by atoms with Gasteiger partial charge in [-0.05, 0) is 30.2 Å². The molecule has 0 unspecified atom stereocenters. The normalized spacial score (nSPS) is 11.3. The summed E-state index contributed by atoms with van der Waals surface area (Å²) in [6.07, 6.45) is 2.98. The minimum absolute atomic E-state index is 0.488. The maximum Gasteiger partial charge on any atom is 0.143 e. The van der Waals surface area contributed by atoms with Gasteiger partial charge in [0.25, 0.3) is 0 Å². The van der Waals surface area contributed by atoms with Crippen LogP contribution in [0.2, 0.25) is 0 Å². The van der Waals surface area contributed by atoms with E-state index in [-0.39, 0.29) is 0 Å². The second kappa shape index (κ2) is 5.99. The van der Waals surface area contributed by atoms with Gasteiger partial charge in [0, 0.05) is 4.91 Å². The number of thiocyanates is 1. The fraction of sp³-hybridized carbons (Fsp3) is 0.500. The van der Waals surface area contributed by atoms with E-state index >= 15 is 0 Å². The average molecular weight is 169 g/mol. The second-order valence-electron chi connectivity index (χ2n) is 2.56. The summed E-state index contributed by atoms with van der Waals surface area (Å²) in [6, 6.07) is 0. The Hall–Kier alpha value is -0.750. The van der Waals surface area contributed by atoms with Crippen molar-refractivity contribution in [1.29, 1.82) is 5.26 Å². The smallest absolute Gasteiger partial charge is 0.143 e. The minimum Gasteiger partial charge on any atom is -0.299 e. The van der Waals surface area contributed by atoms with Crippen molar-refractivity contribution >= 4 is 18.0 Å². The van der Waals surface area contributed by atoms with Crippen LogP contribution in [0.3, 0.4) is 0 Å². The number of allylic oxidation sites excluding steroid dienone is 2. The highest BCUT2D eigenvalue weighted by molar-refractivity contribution is 8.07. The molecule has 0 amide bonds. The highest BCUT2D eigenvalue weighted by Crippen LogP contribution is 2.21. The molecule has 11 heavy (non-hydrogen) atoms. The molecule has 0 saturated heterocycles. The number of hydrogen-bond acceptors (Lipinski definition) is 3. The maximum atomic E-state index is 10.1. The standard InChI is InChI=1S/C8H11NOS/c1-7(2)5-8(3-4-10)11-6-9/h3-4,7H,5H2,1-2H3/b8-3+. The second-order valence-corrected chi connectivity index (χ2v) is 3.47. The van der Waals surface area contributed by atoms with Crippen molar-refractivity contribution in [3.05, 3.63) is 11.0 Å². The molecule has 0 aliphatic rings. The molecule has 60 valence electrons. The third kappa shape index (κ3) is 5.68. The zero-order valence-electron chi connectivity index (χ0n) is 6.70. The molecule has 0 spiro atoms. The molecule has 0 rings (SSSR count). The summed E-state index contributed by atoms with van der Waals surface area (Å²) in [5, 5.41) is 10.3. The summed E-state index contributed by atoms with van der Waals surface area (Å²) in [7, 11) is 0. The molecule has 0 bridgehead atoms. The van der Waals surface area contributed by atoms with Gasteiger partial charge in [-0.3, -0.25) is 4.79 Å². The molecule has 0 saturated carbocycles. The minimum atomic E-state index is 0.488. The van der Waals surface area contributed by atoms with Crippen LogP contribution in [0.1, 0.15) is 20.3 Å². The Morgan fingerprint density at radius 1 is 1.73 bits per heavy atom. The molecule has 0 aliphatic carbocycles. The highest BCUT2D eigenvalue weighted by atomic mass is 32.2. The first-order valence-corrected chi connectivity index (χ1v) is 4.22. The zero-order valence-corrected chi connectivity index (χ0v) is 7.52. The lowest BCUT2D eigenvalue weighted by Gasteiger charge is -2.02. The molecule has 0 aromatic carbocycles. The number of thioether (sulfide) groups is 1. The molecular formula is C8H11NOS. The van der Waals surface area contributed by atoms with Crippen molar-refractivity contribution < 1.29 is 4.79 Å². The SMILES string of the molecule is CC(C)C/C(=C\C=O)SC#N. The Labute approximate surface area is 71.3 Å². The number of hydrogen-bond donors (Lipinski definition) is 0. The van der Waals surface area contributed by atoms with Crippen molar-refractivity contribution in [2.24, 2.45) is 5.92 Å². The topological polar surface area (TPSA) is 40.9 Å². The molecular weight excluding hydrogens is 158 g/mol. The van der Waals surface area contributed by atoms with Gasteiger partial charge in [-0.25, -0.2) is 0 Å². The van der Waals surface area contributed by atoms with Gasteiger partial charge in [0.1, 0.15) is 11.7 Å². The lowest BCUT2D eigenvalue weighted by atomic mass is 10.1. The van der Waals surface area contributed by atoms with E-state index in [4.69, 9.17) is 5.26 Å². The summed E-state index contributed by atoms with van der Waals surface area (Å²) >= 11 is 1.06. The van der Waals surface area contributed by atoms with Crippen LogP contribution in [0, 0.1) is 16.6 Å². The van der Waals surface area contributed by atoms with Gasteiger partial charge < -0.3 is 0 Å². The molecule has 0 aliphatic heterocycles. The fourth-order valence-electron chi connectivity index (χ4n) is 0.681. The van der Waals surface area contributed by atoms with Gasteiger partial charge in [0.15, 0.2) is 0 Å². The first-order valence-electron chi connectivity index (χ1n) is 3.41. The van der Waals surface area contributed by atoms with Crippen LogP contribution in [-0.4, -0.2) is 6.29 Å². The number of aldehydes is 1. The molecule has 0 heterocycles. The van der Waals surface area contributed by atoms with Crippen LogP contribution < -0.4 is 0 Å². The Balaban J connectivity index is 4.02. The van der Waals surface area contributed by atoms with E-state index in [2.05, 4.69) is 13.8 Å². The van der Waals surface area contributed by atoms with Gasteiger partial charge in [-0.2, -0.15) is 5.26 Å². The molecule has 0 N–H and O–H groups in total. The van der Waals surface area contributed by atoms with Crippen molar-refractivity contribution in [2.75, 3.05) is 0 Å². The Morgan fingerprint density at radius 3 is 2.73 bits per heavy atom. The first kappa shape index (κ1) is 10.2. The molecule has 0 atom stereocenters. The lowest BCUT2D eigenvalue weighted by Crippen LogP contribution is -1.88. The highest BCUT2D eigenvalue weighted by Gasteiger charge is 2.00. The number of rotatable bonds is 4. The molecule has 0 radical (unpaired) electrons. The molecule has 0 aromatic heterocycles. The predicted octanol–water partition coefficient (Wildman–Crippen LogP) is 2.33. The Bertz CT molecular complexity index is 191. The van der Waals surface area contributed by atoms with E-state index < -0.39 is 0 Å². The quantitative estimate of drug-likeness (QED) is 0.368. The van der Waals surface area contributed by atoms with Gasteiger partial charge in [-0.15, -0.1) is 0 Å². The van der Waals surface area contributed by atoms with Crippen molar-refractivity contribution in [2.45, 2.75) is 20.3 Å². The van der Waals surface area contributed by atoms with E-state index in [9.17, 15) is 4.79 Å². The summed E-state index contributed by atoms with van der Waals surface area (Å²) in [5.74, 6) is 0.488. The van der Waals surface area contributed by atoms with Gasteiger partial charge >= 0.3 is 0 Å². The van der Waals surface area contributed by atoms with Crippen LogP contribution in [0.5, 0.6) is 0 Å². The summed E-state index contributed by atoms with van der Waals surface area (Å²) < 4.78 is 0. The monoisotopic (exact) mass is 169 g/mol. The molecule has 2 nitrogen and oxygen atoms in total. The third-order valence-electron chi connectivity index (χ3n) is 1.04. The van der Waals surface area contributed by atoms with Crippen molar-refractivity contribution in [3.8, 4) is 5.40 Å². The number of carbonyl (C=O) groups is 1. The molecule has 0 fully saturated rings. The van der Waals surface area contributed by atoms with Crippen molar-refractivity contribution in [3.63, 3.8) is 0 Å². The molecule has 0 aromatic rings. The first-order chi connectivity index (χ1) is 5.20. The predicted molar refractivity (Wildman–Crippen MR) is 46.8 cm³/mol. The maximum absolute atomic E-state index is 10.1. The van der Waals surface area contributed by atoms with Gasteiger partial charge in [0.2, 0.25) is 0 Å². The number of nitriles is 1. The van der Waals surface area contributed by atoms with E-state index in [1.807, 2.05) is 5.40 Å². The van der Waals surface area contributed by atoms with Crippen LogP contribution in [0.4, 0.5) is 0 Å². The van der Waals surface area contributed by atoms with Crippen molar-refractivity contribution in [1.82, 2.24) is 0 Å². The van der Waals surface area contributed by atoms with Crippen LogP contribution >= 0.6 is 11.8 Å². The largest absolute Gasteiger partial charge is 0.299 e. The van der Waals surface area contributed by atoms with Crippen LogP contribution in [0.25, 0.3) is 0 Å². The summed E-state index contributed by atoms with van der Waals surface area (Å²) in [5.41, 5.74) is 0. The van der Waals surface area contributed by atoms with Gasteiger partial charge in [-0.1, -0.05) is 13.8 Å². The van der Waals surface area contributed by atoms with E-state index in [1.54, 1.807) is 0 Å². The van der Waals surface area contributed by atoms with Crippen LogP contribution in [-0.2, 0) is 4.79 Å². The Kier molecular flexibility index (Phi) is 5.58. The zero-order chi connectivity index (χ0) is 8.69. The number of nitrogens with zero attached hydrogens (tertiary/aromatic N) is 1. The Morgan fingerprint density at radius 2 is 2.36 bits per heavy atom. The lowest BCUT2D eigenvalue weighted by molar-refractivity contribution is -0.104. The third-order valence-corrected chi connectivity index (χ3v) is 1.70. The van der Waals surface area contributed by atoms with E-state index in [0.717, 1.165) is 29.4 Å². The summed E-state index contributed by atoms with van der Waals surface area (Å²) in [6.45, 7) is 4.10. The summed E-state index contributed by atoms with van der Waals surface area (Å²) in [4.78, 5) is 10.9. The van der Waals surface area contributed by atoms with E-state index in [1.165, 1.54) is 6.08 Å².